The van der Waals surface area contributed by atoms with Crippen molar-refractivity contribution in [2.45, 2.75) is 112 Å². The van der Waals surface area contributed by atoms with Crippen LogP contribution in [0.15, 0.2) is 12.2 Å². The minimum atomic E-state index is -0.0511. The maximum atomic E-state index is 10.5. The lowest BCUT2D eigenvalue weighted by Gasteiger charge is -2.62. The van der Waals surface area contributed by atoms with Gasteiger partial charge < -0.3 is 5.11 Å². The summed E-state index contributed by atoms with van der Waals surface area (Å²) in [5.41, 5.74) is 1.03. The molecular formula is C30H52O. The van der Waals surface area contributed by atoms with Crippen molar-refractivity contribution in [1.82, 2.24) is 0 Å². The number of hydrogen-bond donors (Lipinski definition) is 1. The van der Waals surface area contributed by atoms with Gasteiger partial charge in [-0.3, -0.25) is 0 Å². The van der Waals surface area contributed by atoms with Crippen LogP contribution in [0.3, 0.4) is 0 Å². The Morgan fingerprint density at radius 3 is 2.16 bits per heavy atom. The first-order chi connectivity index (χ1) is 14.6. The summed E-state index contributed by atoms with van der Waals surface area (Å²) in [5, 5.41) is 10.5. The van der Waals surface area contributed by atoms with E-state index in [1.54, 1.807) is 0 Å². The zero-order valence-electron chi connectivity index (χ0n) is 21.7. The first kappa shape index (κ1) is 23.8. The second-order valence-electron chi connectivity index (χ2n) is 13.3. The minimum Gasteiger partial charge on any atom is -0.393 e. The van der Waals surface area contributed by atoms with Crippen LogP contribution in [0.5, 0.6) is 0 Å². The van der Waals surface area contributed by atoms with E-state index in [0.29, 0.717) is 16.7 Å². The highest BCUT2D eigenvalue weighted by atomic mass is 16.3. The molecule has 4 aliphatic carbocycles. The van der Waals surface area contributed by atoms with Gasteiger partial charge in [0.2, 0.25) is 0 Å². The Hall–Kier alpha value is -0.300. The van der Waals surface area contributed by atoms with E-state index in [9.17, 15) is 5.11 Å². The second kappa shape index (κ2) is 8.81. The number of fused-ring (bicyclic) bond motifs is 5. The van der Waals surface area contributed by atoms with Crippen LogP contribution in [0.1, 0.15) is 106 Å². The third-order valence-corrected chi connectivity index (χ3v) is 11.9. The van der Waals surface area contributed by atoms with Crippen LogP contribution in [-0.2, 0) is 0 Å². The molecule has 4 saturated carbocycles. The van der Waals surface area contributed by atoms with Gasteiger partial charge >= 0.3 is 0 Å². The summed E-state index contributed by atoms with van der Waals surface area (Å²) in [4.78, 5) is 0. The Balaban J connectivity index is 1.51. The highest BCUT2D eigenvalue weighted by Crippen LogP contribution is 2.68. The van der Waals surface area contributed by atoms with Gasteiger partial charge in [-0.25, -0.2) is 0 Å². The summed E-state index contributed by atoms with van der Waals surface area (Å²) >= 11 is 0. The maximum absolute atomic E-state index is 10.5. The average Bonchev–Trinajstić information content (AvgIpc) is 3.08. The van der Waals surface area contributed by atoms with Crippen LogP contribution < -0.4 is 0 Å². The summed E-state index contributed by atoms with van der Waals surface area (Å²) in [6.45, 7) is 17.3. The number of aliphatic hydroxyl groups excluding tert-OH is 1. The van der Waals surface area contributed by atoms with Crippen molar-refractivity contribution < 1.29 is 5.11 Å². The van der Waals surface area contributed by atoms with E-state index < -0.39 is 0 Å². The van der Waals surface area contributed by atoms with Crippen LogP contribution in [0, 0.1) is 64.1 Å². The monoisotopic (exact) mass is 428 g/mol. The summed E-state index contributed by atoms with van der Waals surface area (Å²) in [7, 11) is 0. The topological polar surface area (TPSA) is 20.2 Å². The van der Waals surface area contributed by atoms with E-state index in [0.717, 1.165) is 53.8 Å². The second-order valence-corrected chi connectivity index (χ2v) is 13.3. The van der Waals surface area contributed by atoms with Gasteiger partial charge in [0.1, 0.15) is 0 Å². The van der Waals surface area contributed by atoms with Gasteiger partial charge in [-0.15, -0.1) is 0 Å². The molecule has 31 heavy (non-hydrogen) atoms. The molecule has 0 heterocycles. The average molecular weight is 429 g/mol. The molecule has 0 bridgehead atoms. The molecule has 1 N–H and O–H groups in total. The first-order valence-corrected chi connectivity index (χ1v) is 14.0. The number of allylic oxidation sites excluding steroid dienone is 2. The van der Waals surface area contributed by atoms with Gasteiger partial charge in [0.15, 0.2) is 0 Å². The van der Waals surface area contributed by atoms with Crippen LogP contribution in [0.4, 0.5) is 0 Å². The van der Waals surface area contributed by atoms with Crippen molar-refractivity contribution in [3.8, 4) is 0 Å². The molecule has 4 fully saturated rings. The number of rotatable bonds is 5. The third kappa shape index (κ3) is 3.87. The molecule has 4 rings (SSSR count). The van der Waals surface area contributed by atoms with Crippen molar-refractivity contribution in [2.75, 3.05) is 0 Å². The van der Waals surface area contributed by atoms with E-state index in [-0.39, 0.29) is 6.10 Å². The molecule has 11 atom stereocenters. The van der Waals surface area contributed by atoms with E-state index in [1.165, 1.54) is 51.4 Å². The predicted octanol–water partition coefficient (Wildman–Crippen LogP) is 8.13. The molecule has 0 aromatic heterocycles. The Morgan fingerprint density at radius 1 is 0.839 bits per heavy atom. The quantitative estimate of drug-likeness (QED) is 0.438. The molecule has 178 valence electrons. The van der Waals surface area contributed by atoms with Crippen LogP contribution >= 0.6 is 0 Å². The summed E-state index contributed by atoms with van der Waals surface area (Å²) < 4.78 is 0. The zero-order valence-corrected chi connectivity index (χ0v) is 21.7. The van der Waals surface area contributed by atoms with Crippen LogP contribution in [0.2, 0.25) is 0 Å². The molecule has 0 saturated heterocycles. The first-order valence-electron chi connectivity index (χ1n) is 14.0. The summed E-state index contributed by atoms with van der Waals surface area (Å²) in [5.74, 6) is 7.14. The van der Waals surface area contributed by atoms with E-state index in [1.807, 2.05) is 0 Å². The Bertz CT molecular complexity index is 651. The van der Waals surface area contributed by atoms with Crippen molar-refractivity contribution in [2.24, 2.45) is 64.1 Å². The lowest BCUT2D eigenvalue weighted by molar-refractivity contribution is -0.148. The van der Waals surface area contributed by atoms with Crippen molar-refractivity contribution >= 4 is 0 Å². The molecule has 3 unspecified atom stereocenters. The van der Waals surface area contributed by atoms with Gasteiger partial charge in [0.05, 0.1) is 6.10 Å². The summed E-state index contributed by atoms with van der Waals surface area (Å²) in [6.07, 6.45) is 17.3. The van der Waals surface area contributed by atoms with Gasteiger partial charge in [0, 0.05) is 0 Å². The van der Waals surface area contributed by atoms with E-state index >= 15 is 0 Å². The third-order valence-electron chi connectivity index (χ3n) is 11.9. The van der Waals surface area contributed by atoms with Gasteiger partial charge in [-0.05, 0) is 122 Å². The van der Waals surface area contributed by atoms with Crippen molar-refractivity contribution in [3.63, 3.8) is 0 Å². The maximum Gasteiger partial charge on any atom is 0.0568 e. The molecule has 0 aromatic rings. The highest BCUT2D eigenvalue weighted by Gasteiger charge is 2.61. The minimum absolute atomic E-state index is 0.0511. The molecular weight excluding hydrogens is 376 g/mol. The molecule has 0 aliphatic heterocycles. The smallest absolute Gasteiger partial charge is 0.0568 e. The van der Waals surface area contributed by atoms with Crippen LogP contribution in [-0.4, -0.2) is 11.2 Å². The Morgan fingerprint density at radius 2 is 1.48 bits per heavy atom. The SMILES string of the molecule is CC[C@H](/C=C/[C@@H](C)[C@H]1CCC2C3CC[C@H]4[C@H](C)[C@@H](O)CC[C@]4(C)C3CC[C@@]21C)C(C)C. The standard InChI is InChI=1S/C30H52O/c1-8-22(19(2)3)10-9-20(4)24-13-14-26-23-11-12-25-21(5)28(31)16-18-30(25,7)27(23)15-17-29(24,26)6/h9-10,19-28,31H,8,11-18H2,1-7H3/b10-9+/t20-,21+,22-,23?,24-,25+,26?,27?,28+,29-,30+/m1/s1. The van der Waals surface area contributed by atoms with Crippen molar-refractivity contribution in [3.05, 3.63) is 12.2 Å². The van der Waals surface area contributed by atoms with Crippen LogP contribution in [0.25, 0.3) is 0 Å². The fourth-order valence-electron chi connectivity index (χ4n) is 9.90. The van der Waals surface area contributed by atoms with Crippen molar-refractivity contribution in [1.29, 1.82) is 0 Å². The summed E-state index contributed by atoms with van der Waals surface area (Å²) in [6, 6.07) is 0. The van der Waals surface area contributed by atoms with Gasteiger partial charge in [-0.2, -0.15) is 0 Å². The van der Waals surface area contributed by atoms with Gasteiger partial charge in [-0.1, -0.05) is 60.6 Å². The largest absolute Gasteiger partial charge is 0.393 e. The fraction of sp³-hybridized carbons (Fsp3) is 0.933. The number of hydrogen-bond acceptors (Lipinski definition) is 1. The highest BCUT2D eigenvalue weighted by molar-refractivity contribution is 5.12. The van der Waals surface area contributed by atoms with Gasteiger partial charge in [0.25, 0.3) is 0 Å². The van der Waals surface area contributed by atoms with E-state index in [2.05, 4.69) is 60.6 Å². The Labute approximate surface area is 193 Å². The molecule has 4 aliphatic rings. The molecule has 0 radical (unpaired) electrons. The molecule has 0 amide bonds. The predicted molar refractivity (Wildman–Crippen MR) is 133 cm³/mol. The fourth-order valence-corrected chi connectivity index (χ4v) is 9.90. The number of aliphatic hydroxyl groups is 1. The molecule has 1 nitrogen and oxygen atoms in total. The lowest BCUT2D eigenvalue weighted by Crippen LogP contribution is -2.56. The molecule has 0 aromatic carbocycles. The normalized spacial score (nSPS) is 49.5. The molecule has 1 heteroatoms. The zero-order chi connectivity index (χ0) is 22.6. The van der Waals surface area contributed by atoms with E-state index in [4.69, 9.17) is 0 Å². The lowest BCUT2D eigenvalue weighted by atomic mass is 9.43. The Kier molecular flexibility index (Phi) is 6.78. The molecule has 0 spiro atoms.